The molecule has 25 heavy (non-hydrogen) atoms. The van der Waals surface area contributed by atoms with Crippen LogP contribution in [0.2, 0.25) is 0 Å². The highest BCUT2D eigenvalue weighted by Gasteiger charge is 2.42. The number of carbonyl (C=O) groups is 1. The van der Waals surface area contributed by atoms with Crippen LogP contribution < -0.4 is 10.2 Å². The molecule has 1 aromatic heterocycles. The van der Waals surface area contributed by atoms with E-state index in [4.69, 9.17) is 4.74 Å². The number of ether oxygens (including phenoxy) is 1. The highest BCUT2D eigenvalue weighted by atomic mass is 35.5. The summed E-state index contributed by atoms with van der Waals surface area (Å²) in [6.07, 6.45) is 1.71. The topological polar surface area (TPSA) is 70.6 Å². The van der Waals surface area contributed by atoms with Crippen LogP contribution in [-0.2, 0) is 9.53 Å². The molecule has 0 spiro atoms. The third-order valence-corrected chi connectivity index (χ3v) is 5.66. The molecular weight excluding hydrogens is 385 g/mol. The number of rotatable bonds is 4. The zero-order valence-electron chi connectivity index (χ0n) is 14.7. The van der Waals surface area contributed by atoms with Gasteiger partial charge in [0.15, 0.2) is 0 Å². The summed E-state index contributed by atoms with van der Waals surface area (Å²) in [5, 5.41) is 4.30. The minimum atomic E-state index is -0.346. The van der Waals surface area contributed by atoms with Crippen LogP contribution in [0.15, 0.2) is 0 Å². The molecule has 1 aromatic rings. The number of piperidine rings is 1. The van der Waals surface area contributed by atoms with E-state index in [2.05, 4.69) is 19.6 Å². The molecule has 1 amide bonds. The summed E-state index contributed by atoms with van der Waals surface area (Å²) in [7, 11) is 1.69. The fourth-order valence-electron chi connectivity index (χ4n) is 3.45. The van der Waals surface area contributed by atoms with Gasteiger partial charge in [-0.15, -0.1) is 24.8 Å². The maximum atomic E-state index is 13.1. The largest absolute Gasteiger partial charge is 0.384 e. The molecule has 7 nitrogen and oxygen atoms in total. The predicted octanol–water partition coefficient (Wildman–Crippen LogP) is 1.35. The van der Waals surface area contributed by atoms with Crippen LogP contribution >= 0.6 is 36.3 Å². The van der Waals surface area contributed by atoms with E-state index >= 15 is 0 Å². The summed E-state index contributed by atoms with van der Waals surface area (Å²) in [6.45, 7) is 7.34. The van der Waals surface area contributed by atoms with Gasteiger partial charge in [-0.3, -0.25) is 4.79 Å². The predicted molar refractivity (Wildman–Crippen MR) is 104 cm³/mol. The molecule has 3 rings (SSSR count). The molecule has 2 aliphatic heterocycles. The van der Waals surface area contributed by atoms with Gasteiger partial charge >= 0.3 is 0 Å². The Bertz CT molecular complexity index is 540. The normalized spacial score (nSPS) is 19.8. The first-order chi connectivity index (χ1) is 11.1. The van der Waals surface area contributed by atoms with Gasteiger partial charge in [-0.2, -0.15) is 4.37 Å². The maximum Gasteiger partial charge on any atom is 0.231 e. The van der Waals surface area contributed by atoms with Gasteiger partial charge in [-0.1, -0.05) is 0 Å². The van der Waals surface area contributed by atoms with Gasteiger partial charge in [0.25, 0.3) is 0 Å². The number of nitrogens with one attached hydrogen (secondary N) is 1. The first-order valence-corrected chi connectivity index (χ1v) is 8.96. The smallest absolute Gasteiger partial charge is 0.231 e. The van der Waals surface area contributed by atoms with E-state index in [0.29, 0.717) is 6.61 Å². The number of anilines is 1. The highest BCUT2D eigenvalue weighted by Crippen LogP contribution is 2.32. The summed E-state index contributed by atoms with van der Waals surface area (Å²) >= 11 is 1.43. The molecule has 0 atom stereocenters. The molecule has 0 bridgehead atoms. The molecule has 144 valence electrons. The van der Waals surface area contributed by atoms with E-state index in [1.807, 2.05) is 11.8 Å². The van der Waals surface area contributed by atoms with Gasteiger partial charge in [0.05, 0.1) is 12.0 Å². The summed E-state index contributed by atoms with van der Waals surface area (Å²) in [6, 6.07) is 0. The number of aromatic nitrogens is 2. The second-order valence-electron chi connectivity index (χ2n) is 6.37. The lowest BCUT2D eigenvalue weighted by molar-refractivity contribution is -0.147. The first-order valence-electron chi connectivity index (χ1n) is 8.19. The van der Waals surface area contributed by atoms with Crippen molar-refractivity contribution in [3.05, 3.63) is 5.82 Å². The fourth-order valence-corrected chi connectivity index (χ4v) is 4.18. The van der Waals surface area contributed by atoms with E-state index in [1.165, 1.54) is 11.5 Å². The summed E-state index contributed by atoms with van der Waals surface area (Å²) in [5.74, 6) is 1.08. The number of hydrogen-bond donors (Lipinski definition) is 1. The van der Waals surface area contributed by atoms with Crippen LogP contribution in [0.4, 0.5) is 5.13 Å². The number of aryl methyl sites for hydroxylation is 1. The second kappa shape index (κ2) is 9.87. The van der Waals surface area contributed by atoms with Crippen LogP contribution in [0, 0.1) is 12.3 Å². The number of carbonyl (C=O) groups excluding carboxylic acids is 1. The Morgan fingerprint density at radius 1 is 1.24 bits per heavy atom. The van der Waals surface area contributed by atoms with Crippen molar-refractivity contribution in [1.82, 2.24) is 19.6 Å². The van der Waals surface area contributed by atoms with Crippen molar-refractivity contribution in [3.63, 3.8) is 0 Å². The van der Waals surface area contributed by atoms with Crippen LogP contribution in [0.1, 0.15) is 18.7 Å². The fraction of sp³-hybridized carbons (Fsp3) is 0.800. The summed E-state index contributed by atoms with van der Waals surface area (Å²) < 4.78 is 9.63. The molecule has 0 radical (unpaired) electrons. The van der Waals surface area contributed by atoms with Crippen LogP contribution in [0.3, 0.4) is 0 Å². The van der Waals surface area contributed by atoms with E-state index < -0.39 is 0 Å². The Labute approximate surface area is 165 Å². The van der Waals surface area contributed by atoms with E-state index in [-0.39, 0.29) is 36.1 Å². The molecule has 2 aliphatic rings. The molecule has 2 saturated heterocycles. The molecule has 0 aliphatic carbocycles. The van der Waals surface area contributed by atoms with Crippen molar-refractivity contribution in [2.45, 2.75) is 19.8 Å². The number of piperazine rings is 1. The summed E-state index contributed by atoms with van der Waals surface area (Å²) in [5.41, 5.74) is -0.346. The third-order valence-electron chi connectivity index (χ3n) is 4.79. The van der Waals surface area contributed by atoms with E-state index in [1.54, 1.807) is 7.11 Å². The quantitative estimate of drug-likeness (QED) is 0.805. The number of amides is 1. The Kier molecular flexibility index (Phi) is 8.83. The number of halogens is 2. The van der Waals surface area contributed by atoms with Crippen LogP contribution in [0.25, 0.3) is 0 Å². The van der Waals surface area contributed by atoms with Gasteiger partial charge in [-0.05, 0) is 32.9 Å². The Morgan fingerprint density at radius 3 is 2.40 bits per heavy atom. The average molecular weight is 412 g/mol. The molecule has 2 fully saturated rings. The molecule has 1 N–H and O–H groups in total. The van der Waals surface area contributed by atoms with Gasteiger partial charge in [0.2, 0.25) is 11.0 Å². The molecule has 0 saturated carbocycles. The molecule has 0 unspecified atom stereocenters. The first kappa shape index (κ1) is 22.4. The average Bonchev–Trinajstić information content (AvgIpc) is 3.02. The van der Waals surface area contributed by atoms with Crippen molar-refractivity contribution < 1.29 is 9.53 Å². The number of hydrogen-bond acceptors (Lipinski definition) is 7. The van der Waals surface area contributed by atoms with E-state index in [0.717, 1.165) is 63.1 Å². The van der Waals surface area contributed by atoms with Crippen molar-refractivity contribution in [2.24, 2.45) is 5.41 Å². The van der Waals surface area contributed by atoms with Gasteiger partial charge in [0.1, 0.15) is 5.82 Å². The minimum absolute atomic E-state index is 0. The maximum absolute atomic E-state index is 13.1. The van der Waals surface area contributed by atoms with Crippen molar-refractivity contribution in [3.8, 4) is 0 Å². The Hall–Kier alpha value is -0.670. The van der Waals surface area contributed by atoms with Gasteiger partial charge in [-0.25, -0.2) is 4.98 Å². The molecule has 0 aromatic carbocycles. The Balaban J connectivity index is 0.00000156. The van der Waals surface area contributed by atoms with Crippen molar-refractivity contribution >= 4 is 47.4 Å². The standard InChI is InChI=1S/C15H25N5O2S.2ClH/c1-12-17-14(23-18-12)20-9-7-19(8-10-20)13(21)15(11-22-2)3-5-16-6-4-15;;/h16H,3-11H2,1-2H3;2*1H. The van der Waals surface area contributed by atoms with Gasteiger partial charge in [0, 0.05) is 44.8 Å². The van der Waals surface area contributed by atoms with Gasteiger partial charge < -0.3 is 19.9 Å². The van der Waals surface area contributed by atoms with E-state index in [9.17, 15) is 4.79 Å². The molecular formula is C15H27Cl2N5O2S. The van der Waals surface area contributed by atoms with Crippen molar-refractivity contribution in [2.75, 3.05) is 57.9 Å². The SMILES string of the molecule is COCC1(C(=O)N2CCN(c3nc(C)ns3)CC2)CCNCC1.Cl.Cl. The molecule has 10 heteroatoms. The third kappa shape index (κ3) is 4.95. The zero-order valence-corrected chi connectivity index (χ0v) is 17.1. The van der Waals surface area contributed by atoms with Crippen LogP contribution in [-0.4, -0.2) is 73.1 Å². The monoisotopic (exact) mass is 411 g/mol. The summed E-state index contributed by atoms with van der Waals surface area (Å²) in [4.78, 5) is 21.8. The minimum Gasteiger partial charge on any atom is -0.384 e. The Morgan fingerprint density at radius 2 is 1.88 bits per heavy atom. The lowest BCUT2D eigenvalue weighted by Gasteiger charge is -2.42. The van der Waals surface area contributed by atoms with Crippen molar-refractivity contribution in [1.29, 1.82) is 0 Å². The number of nitrogens with zero attached hydrogens (tertiary/aromatic N) is 4. The second-order valence-corrected chi connectivity index (χ2v) is 7.10. The van der Waals surface area contributed by atoms with Crippen LogP contribution in [0.5, 0.6) is 0 Å². The highest BCUT2D eigenvalue weighted by molar-refractivity contribution is 7.09. The lowest BCUT2D eigenvalue weighted by Crippen LogP contribution is -2.56. The zero-order chi connectivity index (χ0) is 16.3. The number of methoxy groups -OCH3 is 1. The lowest BCUT2D eigenvalue weighted by atomic mass is 9.78. The molecule has 3 heterocycles.